The molecular weight excluding hydrogens is 505 g/mol. The van der Waals surface area contributed by atoms with Gasteiger partial charge in [-0.15, -0.1) is 21.5 Å². The molecule has 4 aromatic rings. The van der Waals surface area contributed by atoms with Crippen LogP contribution in [-0.2, 0) is 22.6 Å². The van der Waals surface area contributed by atoms with Crippen LogP contribution in [0, 0.1) is 19.7 Å². The summed E-state index contributed by atoms with van der Waals surface area (Å²) >= 11 is 1.47. The van der Waals surface area contributed by atoms with Crippen LogP contribution in [0.4, 0.5) is 10.1 Å². The van der Waals surface area contributed by atoms with Crippen molar-refractivity contribution in [3.05, 3.63) is 93.1 Å². The fourth-order valence-corrected chi connectivity index (χ4v) is 5.86. The Balaban J connectivity index is 1.50. The van der Waals surface area contributed by atoms with Crippen LogP contribution >= 0.6 is 11.3 Å². The Morgan fingerprint density at radius 2 is 1.92 bits per heavy atom. The molecule has 2 aromatic carbocycles. The first-order valence-electron chi connectivity index (χ1n) is 12.3. The van der Waals surface area contributed by atoms with Gasteiger partial charge in [0.15, 0.2) is 5.82 Å². The molecule has 1 atom stereocenters. The number of methoxy groups -OCH3 is 1. The third-order valence-corrected chi connectivity index (χ3v) is 7.93. The number of aryl methyl sites for hydroxylation is 1. The monoisotopic (exact) mass is 533 g/mol. The number of aliphatic hydroxyl groups excluding tert-OH is 1. The lowest BCUT2D eigenvalue weighted by molar-refractivity contribution is -0.141. The van der Waals surface area contributed by atoms with Gasteiger partial charge in [0.1, 0.15) is 22.7 Å². The summed E-state index contributed by atoms with van der Waals surface area (Å²) < 4.78 is 20.8. The number of nitrogens with one attached hydrogen (secondary N) is 1. The van der Waals surface area contributed by atoms with E-state index in [0.29, 0.717) is 35.9 Å². The van der Waals surface area contributed by atoms with Gasteiger partial charge in [0.05, 0.1) is 25.8 Å². The van der Waals surface area contributed by atoms with Crippen molar-refractivity contribution in [1.82, 2.24) is 14.8 Å². The molecule has 0 saturated heterocycles. The van der Waals surface area contributed by atoms with E-state index in [0.717, 1.165) is 32.3 Å². The molecule has 3 heterocycles. The molecule has 1 aliphatic heterocycles. The molecule has 0 aliphatic carbocycles. The SMILES string of the molecule is COC(=O)C[C@@H]1N=C(c2ccc(NCCc3ccccc3F)cc2)c2c(sc(CO)c2C)-n2c(C)nnc21. The topological polar surface area (TPSA) is 102 Å². The Morgan fingerprint density at radius 3 is 2.63 bits per heavy atom. The molecule has 10 heteroatoms. The first-order valence-corrected chi connectivity index (χ1v) is 13.1. The summed E-state index contributed by atoms with van der Waals surface area (Å²) in [5, 5.41) is 22.8. The number of benzene rings is 2. The van der Waals surface area contributed by atoms with Crippen molar-refractivity contribution in [2.45, 2.75) is 39.3 Å². The summed E-state index contributed by atoms with van der Waals surface area (Å²) in [6, 6.07) is 14.0. The number of halogens is 1. The van der Waals surface area contributed by atoms with Crippen LogP contribution in [0.25, 0.3) is 5.00 Å². The second-order valence-electron chi connectivity index (χ2n) is 9.05. The highest BCUT2D eigenvalue weighted by Gasteiger charge is 2.33. The fourth-order valence-electron chi connectivity index (χ4n) is 4.64. The summed E-state index contributed by atoms with van der Waals surface area (Å²) in [5.41, 5.74) is 4.96. The van der Waals surface area contributed by atoms with Crippen molar-refractivity contribution in [1.29, 1.82) is 0 Å². The van der Waals surface area contributed by atoms with Gasteiger partial charge < -0.3 is 15.2 Å². The van der Waals surface area contributed by atoms with Crippen LogP contribution in [0.2, 0.25) is 0 Å². The maximum absolute atomic E-state index is 13.9. The molecule has 0 spiro atoms. The second kappa shape index (κ2) is 10.8. The van der Waals surface area contributed by atoms with Crippen molar-refractivity contribution in [2.24, 2.45) is 4.99 Å². The number of esters is 1. The second-order valence-corrected chi connectivity index (χ2v) is 10.1. The van der Waals surface area contributed by atoms with Gasteiger partial charge in [-0.2, -0.15) is 0 Å². The van der Waals surface area contributed by atoms with E-state index in [-0.39, 0.29) is 18.8 Å². The van der Waals surface area contributed by atoms with E-state index in [1.807, 2.05) is 48.7 Å². The van der Waals surface area contributed by atoms with Gasteiger partial charge in [0.25, 0.3) is 0 Å². The number of thiophene rings is 1. The molecule has 5 rings (SSSR count). The van der Waals surface area contributed by atoms with Crippen LogP contribution in [0.1, 0.15) is 51.2 Å². The van der Waals surface area contributed by atoms with E-state index in [9.17, 15) is 14.3 Å². The Morgan fingerprint density at radius 1 is 1.16 bits per heavy atom. The highest BCUT2D eigenvalue weighted by Crippen LogP contribution is 2.40. The number of rotatable bonds is 8. The van der Waals surface area contributed by atoms with E-state index in [4.69, 9.17) is 9.73 Å². The van der Waals surface area contributed by atoms with Gasteiger partial charge >= 0.3 is 5.97 Å². The van der Waals surface area contributed by atoms with Crippen molar-refractivity contribution in [3.8, 4) is 5.00 Å². The van der Waals surface area contributed by atoms with Gasteiger partial charge in [-0.25, -0.2) is 4.39 Å². The minimum absolute atomic E-state index is 0.0225. The van der Waals surface area contributed by atoms with Crippen molar-refractivity contribution >= 4 is 28.7 Å². The van der Waals surface area contributed by atoms with Gasteiger partial charge in [0.2, 0.25) is 0 Å². The first-order chi connectivity index (χ1) is 18.4. The summed E-state index contributed by atoms with van der Waals surface area (Å²) in [5.74, 6) is 0.638. The Bertz CT molecular complexity index is 1510. The highest BCUT2D eigenvalue weighted by atomic mass is 32.1. The van der Waals surface area contributed by atoms with Crippen molar-refractivity contribution in [3.63, 3.8) is 0 Å². The van der Waals surface area contributed by atoms with Crippen molar-refractivity contribution in [2.75, 3.05) is 19.0 Å². The lowest BCUT2D eigenvalue weighted by Gasteiger charge is -2.13. The molecular formula is C28H28FN5O3S. The molecule has 0 bridgehead atoms. The number of anilines is 1. The number of ether oxygens (including phenoxy) is 1. The number of hydrogen-bond donors (Lipinski definition) is 2. The molecule has 1 aliphatic rings. The third-order valence-electron chi connectivity index (χ3n) is 6.67. The number of aromatic nitrogens is 3. The largest absolute Gasteiger partial charge is 0.469 e. The van der Waals surface area contributed by atoms with Gasteiger partial charge in [0, 0.05) is 28.2 Å². The normalized spacial score (nSPS) is 14.3. The van der Waals surface area contributed by atoms with E-state index in [2.05, 4.69) is 15.5 Å². The molecule has 2 N–H and O–H groups in total. The molecule has 38 heavy (non-hydrogen) atoms. The molecule has 8 nitrogen and oxygen atoms in total. The Kier molecular flexibility index (Phi) is 7.35. The number of hydrogen-bond acceptors (Lipinski definition) is 8. The zero-order valence-corrected chi connectivity index (χ0v) is 22.2. The quantitative estimate of drug-likeness (QED) is 0.319. The lowest BCUT2D eigenvalue weighted by atomic mass is 9.99. The van der Waals surface area contributed by atoms with E-state index < -0.39 is 12.0 Å². The zero-order chi connectivity index (χ0) is 26.8. The van der Waals surface area contributed by atoms with Gasteiger partial charge in [-0.05, 0) is 49.6 Å². The molecule has 0 saturated carbocycles. The molecule has 2 aromatic heterocycles. The number of carbonyl (C=O) groups excluding carboxylic acids is 1. The van der Waals surface area contributed by atoms with Crippen LogP contribution in [-0.4, -0.2) is 45.2 Å². The fraction of sp³-hybridized carbons (Fsp3) is 0.286. The predicted octanol–water partition coefficient (Wildman–Crippen LogP) is 4.69. The standard InChI is InChI=1S/C28H28FN5O3S/c1-16-23(15-35)38-28-25(16)26(31-22(14-24(36)37-3)27-33-32-17(2)34(27)28)19-8-10-20(11-9-19)30-13-12-18-6-4-5-7-21(18)29/h4-11,22,30,35H,12-15H2,1-3H3/t22-/m0/s1. The number of nitrogens with zero attached hydrogens (tertiary/aromatic N) is 4. The maximum atomic E-state index is 13.9. The van der Waals surface area contributed by atoms with Gasteiger partial charge in [-0.1, -0.05) is 30.3 Å². The predicted molar refractivity (Wildman–Crippen MR) is 145 cm³/mol. The van der Waals surface area contributed by atoms with Crippen molar-refractivity contribution < 1.29 is 19.0 Å². The highest BCUT2D eigenvalue weighted by molar-refractivity contribution is 7.15. The smallest absolute Gasteiger partial charge is 0.308 e. The maximum Gasteiger partial charge on any atom is 0.308 e. The Hall–Kier alpha value is -3.89. The minimum Gasteiger partial charge on any atom is -0.469 e. The van der Waals surface area contributed by atoms with Crippen LogP contribution in [0.3, 0.4) is 0 Å². The third kappa shape index (κ3) is 4.84. The average molecular weight is 534 g/mol. The molecule has 0 amide bonds. The van der Waals surface area contributed by atoms with E-state index in [1.165, 1.54) is 24.5 Å². The van der Waals surface area contributed by atoms with Crippen LogP contribution in [0.5, 0.6) is 0 Å². The number of carbonyl (C=O) groups is 1. The molecule has 0 unspecified atom stereocenters. The summed E-state index contributed by atoms with van der Waals surface area (Å²) in [6.07, 6.45) is 0.589. The molecule has 0 radical (unpaired) electrons. The van der Waals surface area contributed by atoms with Crippen LogP contribution in [0.15, 0.2) is 53.5 Å². The van der Waals surface area contributed by atoms with Gasteiger partial charge in [-0.3, -0.25) is 14.4 Å². The van der Waals surface area contributed by atoms with Crippen LogP contribution < -0.4 is 5.32 Å². The lowest BCUT2D eigenvalue weighted by Crippen LogP contribution is -2.12. The average Bonchev–Trinajstić information content (AvgIpc) is 3.42. The summed E-state index contributed by atoms with van der Waals surface area (Å²) in [6.45, 7) is 4.32. The zero-order valence-electron chi connectivity index (χ0n) is 21.4. The summed E-state index contributed by atoms with van der Waals surface area (Å²) in [4.78, 5) is 18.2. The minimum atomic E-state index is -0.589. The van der Waals surface area contributed by atoms with E-state index >= 15 is 0 Å². The molecule has 0 fully saturated rings. The first kappa shape index (κ1) is 25.7. The Labute approximate surface area is 223 Å². The number of fused-ring (bicyclic) bond motifs is 3. The summed E-state index contributed by atoms with van der Waals surface area (Å²) in [7, 11) is 1.35. The number of aliphatic hydroxyl groups is 1. The molecule has 196 valence electrons. The van der Waals surface area contributed by atoms with E-state index in [1.54, 1.807) is 12.1 Å². The number of aliphatic imine (C=N–C) groups is 1.